The molecule has 10 heteroatoms. The number of rotatable bonds is 28. The van der Waals surface area contributed by atoms with Crippen molar-refractivity contribution in [2.24, 2.45) is 9.98 Å². The van der Waals surface area contributed by atoms with E-state index in [0.29, 0.717) is 36.1 Å². The summed E-state index contributed by atoms with van der Waals surface area (Å²) in [4.78, 5) is 34.6. The minimum absolute atomic E-state index is 0.0895. The van der Waals surface area contributed by atoms with Crippen molar-refractivity contribution < 1.29 is 37.3 Å². The average molecular weight is 873 g/mol. The molecule has 338 valence electrons. The Balaban J connectivity index is 1.03. The Morgan fingerprint density at radius 2 is 0.844 bits per heavy atom. The molecule has 0 aliphatic carbocycles. The Morgan fingerprint density at radius 1 is 0.469 bits per heavy atom. The van der Waals surface area contributed by atoms with Gasteiger partial charge in [-0.15, -0.1) is 0 Å². The highest BCUT2D eigenvalue weighted by molar-refractivity contribution is 5.92. The van der Waals surface area contributed by atoms with Crippen LogP contribution in [0.2, 0.25) is 0 Å². The van der Waals surface area contributed by atoms with Crippen molar-refractivity contribution in [2.45, 2.75) is 117 Å². The molecule has 0 spiro atoms. The minimum atomic E-state index is -0.674. The fourth-order valence-electron chi connectivity index (χ4n) is 6.88. The lowest BCUT2D eigenvalue weighted by molar-refractivity contribution is 0.0724. The Morgan fingerprint density at radius 3 is 1.22 bits per heavy atom. The summed E-state index contributed by atoms with van der Waals surface area (Å²) in [6.07, 6.45) is 22.1. The highest BCUT2D eigenvalue weighted by Crippen LogP contribution is 2.25. The van der Waals surface area contributed by atoms with Gasteiger partial charge in [-0.3, -0.25) is 9.98 Å². The predicted molar refractivity (Wildman–Crippen MR) is 253 cm³/mol. The summed E-state index contributed by atoms with van der Waals surface area (Å²) in [5.74, 6) is -1.69. The molecule has 0 saturated heterocycles. The van der Waals surface area contributed by atoms with Gasteiger partial charge in [0, 0.05) is 12.4 Å². The third-order valence-corrected chi connectivity index (χ3v) is 10.6. The largest absolute Gasteiger partial charge is 0.491 e. The summed E-state index contributed by atoms with van der Waals surface area (Å²) in [6, 6.07) is 29.3. The first kappa shape index (κ1) is 48.9. The Kier molecular flexibility index (Phi) is 21.2. The van der Waals surface area contributed by atoms with E-state index in [2.05, 4.69) is 23.8 Å². The van der Waals surface area contributed by atoms with Gasteiger partial charge in [-0.2, -0.15) is 0 Å². The molecule has 0 saturated carbocycles. The first-order chi connectivity index (χ1) is 31.3. The van der Waals surface area contributed by atoms with Crippen LogP contribution < -0.4 is 18.9 Å². The molecule has 0 aromatic heterocycles. The molecule has 0 fully saturated rings. The molecule has 0 heterocycles. The molecule has 5 rings (SSSR count). The normalized spacial score (nSPS) is 11.3. The van der Waals surface area contributed by atoms with Crippen LogP contribution in [0.3, 0.4) is 0 Å². The van der Waals surface area contributed by atoms with Crippen LogP contribution in [-0.4, -0.2) is 37.6 Å². The predicted octanol–water partition coefficient (Wildman–Crippen LogP) is 14.9. The fraction of sp³-hybridized carbons (Fsp3) is 0.370. The van der Waals surface area contributed by atoms with E-state index in [0.717, 1.165) is 61.8 Å². The van der Waals surface area contributed by atoms with Gasteiger partial charge in [0.1, 0.15) is 11.5 Å². The molecule has 0 bridgehead atoms. The number of hydrogen-bond donors (Lipinski definition) is 0. The van der Waals surface area contributed by atoms with Gasteiger partial charge in [0.05, 0.1) is 35.7 Å². The number of esters is 2. The molecule has 0 aliphatic rings. The lowest BCUT2D eigenvalue weighted by atomic mass is 10.1. The van der Waals surface area contributed by atoms with E-state index in [4.69, 9.17) is 18.9 Å². The zero-order valence-electron chi connectivity index (χ0n) is 37.4. The van der Waals surface area contributed by atoms with Gasteiger partial charge in [0.25, 0.3) is 0 Å². The second-order valence-corrected chi connectivity index (χ2v) is 15.9. The quantitative estimate of drug-likeness (QED) is 0.0215. The second-order valence-electron chi connectivity index (χ2n) is 15.9. The molecule has 0 radical (unpaired) electrons. The zero-order valence-corrected chi connectivity index (χ0v) is 37.4. The van der Waals surface area contributed by atoms with Crippen molar-refractivity contribution in [3.8, 4) is 23.0 Å². The van der Waals surface area contributed by atoms with Gasteiger partial charge in [-0.25, -0.2) is 18.4 Å². The Bertz CT molecular complexity index is 2090. The third-order valence-electron chi connectivity index (χ3n) is 10.6. The summed E-state index contributed by atoms with van der Waals surface area (Å²) < 4.78 is 51.6. The van der Waals surface area contributed by atoms with E-state index < -0.39 is 23.6 Å². The van der Waals surface area contributed by atoms with Gasteiger partial charge in [0.15, 0.2) is 23.1 Å². The maximum absolute atomic E-state index is 14.7. The second kappa shape index (κ2) is 27.8. The van der Waals surface area contributed by atoms with Gasteiger partial charge in [-0.1, -0.05) is 122 Å². The van der Waals surface area contributed by atoms with Crippen LogP contribution in [0.5, 0.6) is 23.0 Å². The SMILES string of the molecule is CCCCCCCCCCOc1ccc(C(=O)Oc2ccc(N=Cc3cccc(C=Nc4ccc(OC(=O)c5ccc(OCCCCCCCCCC)c(F)c5)cc4)c3)cc2)cc1F. The lowest BCUT2D eigenvalue weighted by Crippen LogP contribution is -2.09. The van der Waals surface area contributed by atoms with Gasteiger partial charge < -0.3 is 18.9 Å². The molecular weight excluding hydrogens is 811 g/mol. The van der Waals surface area contributed by atoms with Crippen molar-refractivity contribution >= 4 is 35.7 Å². The highest BCUT2D eigenvalue weighted by Gasteiger charge is 2.15. The van der Waals surface area contributed by atoms with Crippen molar-refractivity contribution in [1.29, 1.82) is 0 Å². The van der Waals surface area contributed by atoms with Gasteiger partial charge >= 0.3 is 11.9 Å². The lowest BCUT2D eigenvalue weighted by Gasteiger charge is -2.09. The number of nitrogens with zero attached hydrogens (tertiary/aromatic N) is 2. The first-order valence-electron chi connectivity index (χ1n) is 23.0. The zero-order chi connectivity index (χ0) is 45.2. The number of halogens is 2. The smallest absolute Gasteiger partial charge is 0.343 e. The molecule has 0 amide bonds. The molecule has 8 nitrogen and oxygen atoms in total. The van der Waals surface area contributed by atoms with E-state index in [1.54, 1.807) is 61.0 Å². The molecule has 5 aromatic carbocycles. The molecule has 0 N–H and O–H groups in total. The molecular formula is C54H62F2N2O6. The van der Waals surface area contributed by atoms with E-state index in [9.17, 15) is 18.4 Å². The molecule has 5 aromatic rings. The highest BCUT2D eigenvalue weighted by atomic mass is 19.1. The van der Waals surface area contributed by atoms with Crippen LogP contribution in [-0.2, 0) is 0 Å². The van der Waals surface area contributed by atoms with Gasteiger partial charge in [-0.05, 0) is 115 Å². The number of unbranched alkanes of at least 4 members (excludes halogenated alkanes) is 14. The summed E-state index contributed by atoms with van der Waals surface area (Å²) in [7, 11) is 0. The van der Waals surface area contributed by atoms with Crippen LogP contribution in [0.1, 0.15) is 148 Å². The topological polar surface area (TPSA) is 95.8 Å². The number of benzene rings is 5. The fourth-order valence-corrected chi connectivity index (χ4v) is 6.88. The monoisotopic (exact) mass is 872 g/mol. The standard InChI is InChI=1S/C54H62F2N2O6/c1-3-5-7-9-11-13-15-17-34-61-51-32-22-43(37-49(51)55)53(59)63-47-28-24-45(25-29-47)57-39-41-20-19-21-42(36-41)40-58-46-26-30-48(31-27-46)64-54(60)44-23-33-52(50(56)38-44)62-35-18-16-14-12-10-8-6-4-2/h19-33,36-40H,3-18,34-35H2,1-2H3. The summed E-state index contributed by atoms with van der Waals surface area (Å²) in [6.45, 7) is 5.28. The first-order valence-corrected chi connectivity index (χ1v) is 23.0. The van der Waals surface area contributed by atoms with E-state index in [-0.39, 0.29) is 22.6 Å². The van der Waals surface area contributed by atoms with Crippen molar-refractivity contribution in [3.63, 3.8) is 0 Å². The van der Waals surface area contributed by atoms with Crippen LogP contribution in [0.15, 0.2) is 119 Å². The number of carbonyl (C=O) groups excluding carboxylic acids is 2. The van der Waals surface area contributed by atoms with Crippen LogP contribution in [0, 0.1) is 11.6 Å². The molecule has 0 atom stereocenters. The van der Waals surface area contributed by atoms with Crippen LogP contribution in [0.4, 0.5) is 20.2 Å². The van der Waals surface area contributed by atoms with E-state index in [1.165, 1.54) is 88.5 Å². The summed E-state index contributed by atoms with van der Waals surface area (Å²) >= 11 is 0. The minimum Gasteiger partial charge on any atom is -0.491 e. The number of hydrogen-bond acceptors (Lipinski definition) is 8. The van der Waals surface area contributed by atoms with E-state index in [1.807, 2.05) is 24.3 Å². The summed E-state index contributed by atoms with van der Waals surface area (Å²) in [5.41, 5.74) is 3.15. The third kappa shape index (κ3) is 17.5. The molecule has 0 aliphatic heterocycles. The summed E-state index contributed by atoms with van der Waals surface area (Å²) in [5, 5.41) is 0. The van der Waals surface area contributed by atoms with Crippen LogP contribution in [0.25, 0.3) is 0 Å². The maximum Gasteiger partial charge on any atom is 0.343 e. The number of ether oxygens (including phenoxy) is 4. The Hall–Kier alpha value is -6.16. The number of carbonyl (C=O) groups is 2. The van der Waals surface area contributed by atoms with Crippen molar-refractivity contribution in [1.82, 2.24) is 0 Å². The van der Waals surface area contributed by atoms with Crippen molar-refractivity contribution in [2.75, 3.05) is 13.2 Å². The molecule has 64 heavy (non-hydrogen) atoms. The Labute approximate surface area is 377 Å². The van der Waals surface area contributed by atoms with Gasteiger partial charge in [0.2, 0.25) is 0 Å². The van der Waals surface area contributed by atoms with Crippen molar-refractivity contribution in [3.05, 3.63) is 143 Å². The average Bonchev–Trinajstić information content (AvgIpc) is 3.31. The maximum atomic E-state index is 14.7. The van der Waals surface area contributed by atoms with Crippen LogP contribution >= 0.6 is 0 Å². The molecule has 0 unspecified atom stereocenters. The van der Waals surface area contributed by atoms with E-state index >= 15 is 0 Å². The number of aliphatic imine (C=N–C) groups is 2.